The van der Waals surface area contributed by atoms with Gasteiger partial charge in [-0.25, -0.2) is 0 Å². The Kier molecular flexibility index (Phi) is 4.07. The maximum Gasteiger partial charge on any atom is 0.254 e. The molecule has 0 aromatic carbocycles. The monoisotopic (exact) mass is 305 g/mol. The Morgan fingerprint density at radius 3 is 2.33 bits per heavy atom. The number of carbonyl (C=O) groups excluding carboxylic acids is 2. The lowest BCUT2D eigenvalue weighted by Gasteiger charge is -2.35. The number of amides is 2. The Morgan fingerprint density at radius 2 is 1.81 bits per heavy atom. The van der Waals surface area contributed by atoms with Gasteiger partial charge in [-0.15, -0.1) is 0 Å². The minimum atomic E-state index is 0.0709. The van der Waals surface area contributed by atoms with E-state index in [1.165, 1.54) is 16.9 Å². The van der Waals surface area contributed by atoms with Crippen LogP contribution >= 0.6 is 11.3 Å². The first-order valence-corrected chi connectivity index (χ1v) is 8.11. The van der Waals surface area contributed by atoms with E-state index in [4.69, 9.17) is 0 Å². The molecule has 0 bridgehead atoms. The molecular formula is C15H19N3O2S. The van der Waals surface area contributed by atoms with Crippen molar-refractivity contribution in [2.45, 2.75) is 6.92 Å². The molecule has 3 heterocycles. The predicted molar refractivity (Wildman–Crippen MR) is 82.4 cm³/mol. The number of thiophene rings is 1. The van der Waals surface area contributed by atoms with Gasteiger partial charge in [-0.2, -0.15) is 11.3 Å². The molecule has 1 N–H and O–H groups in total. The maximum atomic E-state index is 12.4. The Bertz CT molecular complexity index is 566. The highest BCUT2D eigenvalue weighted by Gasteiger charge is 2.27. The zero-order valence-electron chi connectivity index (χ0n) is 12.1. The Balaban J connectivity index is 1.58. The Morgan fingerprint density at radius 1 is 1.14 bits per heavy atom. The lowest BCUT2D eigenvalue weighted by molar-refractivity contribution is -0.128. The molecule has 2 amide bonds. The van der Waals surface area contributed by atoms with Gasteiger partial charge >= 0.3 is 0 Å². The van der Waals surface area contributed by atoms with E-state index in [0.29, 0.717) is 26.2 Å². The van der Waals surface area contributed by atoms with Crippen LogP contribution in [0.5, 0.6) is 0 Å². The van der Waals surface area contributed by atoms with Crippen LogP contribution in [0.25, 0.3) is 0 Å². The second-order valence-electron chi connectivity index (χ2n) is 5.43. The first kappa shape index (κ1) is 14.3. The number of nitrogens with one attached hydrogen (secondary N) is 1. The third-order valence-corrected chi connectivity index (χ3v) is 4.83. The standard InChI is InChI=1S/C15H19N3O2S/c1-11(13-8-16-9-13)14(19)17-3-5-18(6-4-17)15(20)12-2-7-21-10-12/h2,7,10,16H,3-6,8-9H2,1H3. The highest BCUT2D eigenvalue weighted by Crippen LogP contribution is 2.15. The van der Waals surface area contributed by atoms with Gasteiger partial charge in [-0.3, -0.25) is 9.59 Å². The van der Waals surface area contributed by atoms with Crippen LogP contribution in [-0.2, 0) is 4.79 Å². The van der Waals surface area contributed by atoms with Crippen molar-refractivity contribution in [3.8, 4) is 0 Å². The highest BCUT2D eigenvalue weighted by atomic mass is 32.1. The average molecular weight is 305 g/mol. The van der Waals surface area contributed by atoms with Gasteiger partial charge in [0.1, 0.15) is 0 Å². The third kappa shape index (κ3) is 2.87. The molecule has 0 aliphatic carbocycles. The van der Waals surface area contributed by atoms with Crippen LogP contribution in [0.3, 0.4) is 0 Å². The second kappa shape index (κ2) is 5.99. The van der Waals surface area contributed by atoms with Gasteiger partial charge in [0.05, 0.1) is 5.56 Å². The minimum absolute atomic E-state index is 0.0709. The van der Waals surface area contributed by atoms with Gasteiger partial charge in [0, 0.05) is 50.2 Å². The average Bonchev–Trinajstić information content (AvgIpc) is 2.98. The Hall–Kier alpha value is -1.66. The van der Waals surface area contributed by atoms with Gasteiger partial charge in [0.25, 0.3) is 5.91 Å². The van der Waals surface area contributed by atoms with Crippen LogP contribution < -0.4 is 5.32 Å². The summed E-state index contributed by atoms with van der Waals surface area (Å²) in [4.78, 5) is 28.3. The van der Waals surface area contributed by atoms with Crippen molar-refractivity contribution in [3.63, 3.8) is 0 Å². The number of nitrogens with zero attached hydrogens (tertiary/aromatic N) is 2. The van der Waals surface area contributed by atoms with Crippen molar-refractivity contribution < 1.29 is 9.59 Å². The first-order chi connectivity index (χ1) is 10.2. The van der Waals surface area contributed by atoms with E-state index < -0.39 is 0 Å². The fourth-order valence-corrected chi connectivity index (χ4v) is 3.21. The summed E-state index contributed by atoms with van der Waals surface area (Å²) in [6.07, 6.45) is 0. The van der Waals surface area contributed by atoms with Crippen molar-refractivity contribution in [1.29, 1.82) is 0 Å². The summed E-state index contributed by atoms with van der Waals surface area (Å²) in [6.45, 7) is 6.02. The Labute approximate surface area is 128 Å². The topological polar surface area (TPSA) is 52.7 Å². The quantitative estimate of drug-likeness (QED) is 0.828. The third-order valence-electron chi connectivity index (χ3n) is 4.15. The molecule has 2 aliphatic rings. The van der Waals surface area contributed by atoms with Crippen molar-refractivity contribution in [2.24, 2.45) is 0 Å². The number of piperazine rings is 1. The van der Waals surface area contributed by atoms with E-state index in [2.05, 4.69) is 5.32 Å². The predicted octanol–water partition coefficient (Wildman–Crippen LogP) is 0.952. The second-order valence-corrected chi connectivity index (χ2v) is 6.21. The molecule has 2 aliphatic heterocycles. The van der Waals surface area contributed by atoms with Gasteiger partial charge in [-0.05, 0) is 23.9 Å². The molecule has 0 atom stereocenters. The van der Waals surface area contributed by atoms with Gasteiger partial charge in [0.2, 0.25) is 5.91 Å². The molecule has 21 heavy (non-hydrogen) atoms. The van der Waals surface area contributed by atoms with Crippen LogP contribution in [0.15, 0.2) is 28.0 Å². The molecule has 1 aromatic rings. The molecular weight excluding hydrogens is 286 g/mol. The molecule has 2 saturated heterocycles. The van der Waals surface area contributed by atoms with Crippen molar-refractivity contribution in [1.82, 2.24) is 15.1 Å². The highest BCUT2D eigenvalue weighted by molar-refractivity contribution is 7.08. The van der Waals surface area contributed by atoms with Gasteiger partial charge < -0.3 is 15.1 Å². The van der Waals surface area contributed by atoms with Gasteiger partial charge in [0.15, 0.2) is 0 Å². The zero-order valence-corrected chi connectivity index (χ0v) is 12.9. The summed E-state index contributed by atoms with van der Waals surface area (Å²) in [5, 5.41) is 6.94. The van der Waals surface area contributed by atoms with Crippen molar-refractivity contribution in [3.05, 3.63) is 33.5 Å². The molecule has 5 nitrogen and oxygen atoms in total. The summed E-state index contributed by atoms with van der Waals surface area (Å²) in [6, 6.07) is 1.85. The lowest BCUT2D eigenvalue weighted by Crippen LogP contribution is -2.51. The molecule has 2 fully saturated rings. The molecule has 112 valence electrons. The lowest BCUT2D eigenvalue weighted by atomic mass is 10.0. The minimum Gasteiger partial charge on any atom is -0.335 e. The fraction of sp³-hybridized carbons (Fsp3) is 0.467. The van der Waals surface area contributed by atoms with Crippen LogP contribution in [0, 0.1) is 0 Å². The molecule has 6 heteroatoms. The van der Waals surface area contributed by atoms with E-state index in [-0.39, 0.29) is 11.8 Å². The van der Waals surface area contributed by atoms with Crippen LogP contribution in [0.1, 0.15) is 17.3 Å². The summed E-state index contributed by atoms with van der Waals surface area (Å²) >= 11 is 1.53. The number of hydrogen-bond donors (Lipinski definition) is 1. The SMILES string of the molecule is CC(C(=O)N1CCN(C(=O)c2ccsc2)CC1)=C1CNC1. The summed E-state index contributed by atoms with van der Waals surface area (Å²) in [7, 11) is 0. The molecule has 1 aromatic heterocycles. The largest absolute Gasteiger partial charge is 0.335 e. The fourth-order valence-electron chi connectivity index (χ4n) is 2.58. The van der Waals surface area contributed by atoms with Crippen LogP contribution in [0.4, 0.5) is 0 Å². The van der Waals surface area contributed by atoms with E-state index >= 15 is 0 Å². The van der Waals surface area contributed by atoms with E-state index in [0.717, 1.165) is 24.2 Å². The molecule has 3 rings (SSSR count). The smallest absolute Gasteiger partial charge is 0.254 e. The van der Waals surface area contributed by atoms with Crippen LogP contribution in [-0.4, -0.2) is 60.9 Å². The molecule has 0 spiro atoms. The summed E-state index contributed by atoms with van der Waals surface area (Å²) < 4.78 is 0. The number of rotatable bonds is 2. The first-order valence-electron chi connectivity index (χ1n) is 7.17. The summed E-state index contributed by atoms with van der Waals surface area (Å²) in [5.74, 6) is 0.191. The molecule has 0 unspecified atom stereocenters. The van der Waals surface area contributed by atoms with E-state index in [1.807, 2.05) is 33.6 Å². The van der Waals surface area contributed by atoms with Crippen molar-refractivity contribution >= 4 is 23.2 Å². The van der Waals surface area contributed by atoms with Crippen molar-refractivity contribution in [2.75, 3.05) is 39.3 Å². The van der Waals surface area contributed by atoms with Gasteiger partial charge in [-0.1, -0.05) is 0 Å². The normalized spacial score (nSPS) is 18.4. The van der Waals surface area contributed by atoms with E-state index in [1.54, 1.807) is 0 Å². The van der Waals surface area contributed by atoms with E-state index in [9.17, 15) is 9.59 Å². The number of carbonyl (C=O) groups is 2. The zero-order chi connectivity index (χ0) is 14.8. The summed E-state index contributed by atoms with van der Waals surface area (Å²) in [5.41, 5.74) is 2.82. The number of hydrogen-bond acceptors (Lipinski definition) is 4. The maximum absolute atomic E-state index is 12.4. The molecule has 0 radical (unpaired) electrons. The van der Waals surface area contributed by atoms with Crippen LogP contribution in [0.2, 0.25) is 0 Å². The molecule has 0 saturated carbocycles.